The fraction of sp³-hybridized carbons (Fsp3) is 0.935. The lowest BCUT2D eigenvalue weighted by molar-refractivity contribution is -0.158. The summed E-state index contributed by atoms with van der Waals surface area (Å²) in [5, 5.41) is 11.3. The molecule has 4 aliphatic rings. The molecule has 0 amide bonds. The van der Waals surface area contributed by atoms with E-state index in [1.165, 1.54) is 64.2 Å². The number of allylic oxidation sites excluding steroid dienone is 2. The van der Waals surface area contributed by atoms with Crippen molar-refractivity contribution in [2.75, 3.05) is 0 Å². The zero-order chi connectivity index (χ0) is 23.7. The zero-order valence-corrected chi connectivity index (χ0v) is 23.0. The summed E-state index contributed by atoms with van der Waals surface area (Å²) in [6.45, 7) is 22.1. The summed E-state index contributed by atoms with van der Waals surface area (Å²) in [7, 11) is 0. The number of rotatable bonds is 5. The molecule has 0 aromatic heterocycles. The first-order valence-electron chi connectivity index (χ1n) is 14.2. The van der Waals surface area contributed by atoms with E-state index < -0.39 is 5.60 Å². The van der Waals surface area contributed by atoms with Gasteiger partial charge in [-0.05, 0) is 104 Å². The Bertz CT molecular complexity index is 756. The highest BCUT2D eigenvalue weighted by Gasteiger charge is 2.64. The maximum Gasteiger partial charge on any atom is 0.0673 e. The van der Waals surface area contributed by atoms with E-state index in [9.17, 15) is 5.11 Å². The fourth-order valence-electron chi connectivity index (χ4n) is 9.80. The topological polar surface area (TPSA) is 20.2 Å². The molecule has 1 nitrogen and oxygen atoms in total. The number of fused-ring (bicyclic) bond motifs is 4. The number of hydrogen-bond donors (Lipinski definition) is 1. The van der Waals surface area contributed by atoms with Crippen LogP contribution in [-0.4, -0.2) is 10.7 Å². The van der Waals surface area contributed by atoms with Gasteiger partial charge < -0.3 is 5.11 Å². The molecule has 0 unspecified atom stereocenters. The van der Waals surface area contributed by atoms with Gasteiger partial charge in [0.25, 0.3) is 0 Å². The van der Waals surface area contributed by atoms with Crippen LogP contribution in [0.4, 0.5) is 0 Å². The third-order valence-electron chi connectivity index (χ3n) is 12.6. The quantitative estimate of drug-likeness (QED) is 0.421. The summed E-state index contributed by atoms with van der Waals surface area (Å²) < 4.78 is 0. The molecule has 2 saturated carbocycles. The summed E-state index contributed by atoms with van der Waals surface area (Å²) >= 11 is 0. The third-order valence-corrected chi connectivity index (χ3v) is 12.6. The monoisotopic (exact) mass is 442 g/mol. The molecule has 4 rings (SSSR count). The molecule has 0 aliphatic heterocycles. The largest absolute Gasteiger partial charge is 0.390 e. The van der Waals surface area contributed by atoms with Gasteiger partial charge in [0.15, 0.2) is 0 Å². The van der Waals surface area contributed by atoms with E-state index >= 15 is 0 Å². The van der Waals surface area contributed by atoms with Crippen LogP contribution in [0.15, 0.2) is 11.1 Å². The van der Waals surface area contributed by atoms with Crippen molar-refractivity contribution >= 4 is 0 Å². The Morgan fingerprint density at radius 2 is 1.50 bits per heavy atom. The van der Waals surface area contributed by atoms with E-state index in [-0.39, 0.29) is 5.41 Å². The number of hydrogen-bond acceptors (Lipinski definition) is 1. The Morgan fingerprint density at radius 3 is 2.16 bits per heavy atom. The first-order chi connectivity index (χ1) is 14.7. The lowest BCUT2D eigenvalue weighted by Crippen LogP contribution is -2.59. The van der Waals surface area contributed by atoms with Crippen LogP contribution in [0.25, 0.3) is 0 Å². The highest BCUT2D eigenvalue weighted by atomic mass is 16.3. The molecule has 0 aromatic carbocycles. The average Bonchev–Trinajstić information content (AvgIpc) is 2.97. The Hall–Kier alpha value is -0.300. The predicted molar refractivity (Wildman–Crippen MR) is 138 cm³/mol. The SMILES string of the molecule is CC(C)CCC[C@@H](C)[C@H]1CC[C@@]2(C)C3=C(CC[C@]12C)[C@@]1(C)CC[C@](C)(O)C(C)(C)[C@@H]1CC3. The standard InChI is InChI=1S/C31H54O/c1-21(2)11-10-12-22(3)23-15-17-30(8)25-13-14-26-27(4,5)31(9,32)20-19-28(26,6)24(25)16-18-29(23,30)7/h21-23,26,32H,10-20H2,1-9H3/t22-,23-,26+,28-,29-,30+,31+/m1/s1. The molecule has 184 valence electrons. The molecule has 0 spiro atoms. The molecule has 0 bridgehead atoms. The highest BCUT2D eigenvalue weighted by Crippen LogP contribution is 2.73. The smallest absolute Gasteiger partial charge is 0.0673 e. The average molecular weight is 443 g/mol. The number of aliphatic hydroxyl groups is 1. The van der Waals surface area contributed by atoms with E-state index in [2.05, 4.69) is 62.3 Å². The van der Waals surface area contributed by atoms with Crippen molar-refractivity contribution in [1.82, 2.24) is 0 Å². The van der Waals surface area contributed by atoms with Crippen LogP contribution in [0.2, 0.25) is 0 Å². The van der Waals surface area contributed by atoms with Gasteiger partial charge in [0.05, 0.1) is 5.60 Å². The van der Waals surface area contributed by atoms with Crippen LogP contribution in [0.5, 0.6) is 0 Å². The summed E-state index contributed by atoms with van der Waals surface area (Å²) in [6, 6.07) is 0. The lowest BCUT2D eigenvalue weighted by Gasteiger charge is -2.64. The Kier molecular flexibility index (Phi) is 6.09. The van der Waals surface area contributed by atoms with Gasteiger partial charge in [-0.3, -0.25) is 0 Å². The van der Waals surface area contributed by atoms with E-state index in [0.717, 1.165) is 24.2 Å². The maximum absolute atomic E-state index is 11.3. The second kappa shape index (κ2) is 7.86. The van der Waals surface area contributed by atoms with Crippen LogP contribution in [0.3, 0.4) is 0 Å². The van der Waals surface area contributed by atoms with Crippen molar-refractivity contribution in [1.29, 1.82) is 0 Å². The Balaban J connectivity index is 1.64. The fourth-order valence-corrected chi connectivity index (χ4v) is 9.80. The van der Waals surface area contributed by atoms with Gasteiger partial charge >= 0.3 is 0 Å². The van der Waals surface area contributed by atoms with E-state index in [1.54, 1.807) is 0 Å². The molecule has 0 aromatic rings. The molecule has 0 heterocycles. The Labute approximate surface area is 200 Å². The first-order valence-corrected chi connectivity index (χ1v) is 14.2. The van der Waals surface area contributed by atoms with Crippen molar-refractivity contribution in [2.24, 2.45) is 45.3 Å². The van der Waals surface area contributed by atoms with Crippen LogP contribution in [0.1, 0.15) is 133 Å². The molecule has 0 radical (unpaired) electrons. The van der Waals surface area contributed by atoms with Gasteiger partial charge in [0.2, 0.25) is 0 Å². The van der Waals surface area contributed by atoms with Gasteiger partial charge in [-0.25, -0.2) is 0 Å². The minimum Gasteiger partial charge on any atom is -0.390 e. The summed E-state index contributed by atoms with van der Waals surface area (Å²) in [6.07, 6.45) is 14.5. The normalized spacial score (nSPS) is 46.6. The molecule has 1 heteroatoms. The molecule has 2 fully saturated rings. The maximum atomic E-state index is 11.3. The van der Waals surface area contributed by atoms with E-state index in [4.69, 9.17) is 0 Å². The second-order valence-corrected chi connectivity index (χ2v) is 14.7. The predicted octanol–water partition coefficient (Wildman–Crippen LogP) is 8.95. The second-order valence-electron chi connectivity index (χ2n) is 14.7. The van der Waals surface area contributed by atoms with E-state index in [1.807, 2.05) is 11.1 Å². The van der Waals surface area contributed by atoms with Crippen molar-refractivity contribution in [2.45, 2.75) is 139 Å². The summed E-state index contributed by atoms with van der Waals surface area (Å²) in [5.74, 6) is 3.20. The lowest BCUT2D eigenvalue weighted by atomic mass is 9.41. The Morgan fingerprint density at radius 1 is 0.812 bits per heavy atom. The highest BCUT2D eigenvalue weighted by molar-refractivity contribution is 5.39. The molecule has 4 aliphatic carbocycles. The van der Waals surface area contributed by atoms with Gasteiger partial charge in [0.1, 0.15) is 0 Å². The van der Waals surface area contributed by atoms with Crippen LogP contribution >= 0.6 is 0 Å². The van der Waals surface area contributed by atoms with Gasteiger partial charge in [0, 0.05) is 0 Å². The summed E-state index contributed by atoms with van der Waals surface area (Å²) in [5.41, 5.74) is 4.36. The first kappa shape index (κ1) is 24.8. The molecule has 0 saturated heterocycles. The van der Waals surface area contributed by atoms with Gasteiger partial charge in [-0.1, -0.05) is 85.8 Å². The van der Waals surface area contributed by atoms with Gasteiger partial charge in [-0.15, -0.1) is 0 Å². The zero-order valence-electron chi connectivity index (χ0n) is 23.0. The minimum atomic E-state index is -0.536. The van der Waals surface area contributed by atoms with Crippen LogP contribution < -0.4 is 0 Å². The molecular weight excluding hydrogens is 388 g/mol. The molecule has 1 N–H and O–H groups in total. The summed E-state index contributed by atoms with van der Waals surface area (Å²) in [4.78, 5) is 0. The third kappa shape index (κ3) is 3.33. The molecule has 7 atom stereocenters. The van der Waals surface area contributed by atoms with Gasteiger partial charge in [-0.2, -0.15) is 0 Å². The minimum absolute atomic E-state index is 0.0106. The van der Waals surface area contributed by atoms with Crippen molar-refractivity contribution < 1.29 is 5.11 Å². The van der Waals surface area contributed by atoms with Crippen molar-refractivity contribution in [3.63, 3.8) is 0 Å². The van der Waals surface area contributed by atoms with E-state index in [0.29, 0.717) is 22.2 Å². The van der Waals surface area contributed by atoms with Crippen LogP contribution in [-0.2, 0) is 0 Å². The van der Waals surface area contributed by atoms with Crippen molar-refractivity contribution in [3.05, 3.63) is 11.1 Å². The van der Waals surface area contributed by atoms with Crippen molar-refractivity contribution in [3.8, 4) is 0 Å². The van der Waals surface area contributed by atoms with Crippen LogP contribution in [0, 0.1) is 45.3 Å². The molecule has 32 heavy (non-hydrogen) atoms. The molecular formula is C31H54O.